The molecule has 2 unspecified atom stereocenters. The zero-order valence-electron chi connectivity index (χ0n) is 23.3. The molecule has 4 aromatic rings. The summed E-state index contributed by atoms with van der Waals surface area (Å²) < 4.78 is 8.40. The number of carboxylic acids is 1. The highest BCUT2D eigenvalue weighted by molar-refractivity contribution is 5.79. The molecule has 3 heterocycles. The van der Waals surface area contributed by atoms with Gasteiger partial charge >= 0.3 is 5.97 Å². The molecule has 1 N–H and O–H groups in total. The standard InChI is InChI=1S/C33H38N4O3/c1-23-12-13-25(34-20-23)22-40-27-14-15-30-31(19-27)37(32(35-30)28-10-3-4-11-29(28)33(38)39)21-24-8-7-9-26(18-24)36-16-5-2-6-17-36/h7-9,12-15,18-20,28-29H,2-6,10-11,16-17,21-22H2,1H3,(H,38,39). The fourth-order valence-electron chi connectivity index (χ4n) is 6.32. The summed E-state index contributed by atoms with van der Waals surface area (Å²) in [7, 11) is 0. The first-order valence-corrected chi connectivity index (χ1v) is 14.7. The van der Waals surface area contributed by atoms with E-state index in [9.17, 15) is 9.90 Å². The number of hydrogen-bond donors (Lipinski definition) is 1. The average Bonchev–Trinajstić information content (AvgIpc) is 3.34. The molecule has 7 nitrogen and oxygen atoms in total. The number of rotatable bonds is 8. The molecule has 2 aliphatic rings. The van der Waals surface area contributed by atoms with E-state index in [1.165, 1.54) is 30.5 Å². The van der Waals surface area contributed by atoms with Crippen LogP contribution in [0.15, 0.2) is 60.8 Å². The number of aromatic nitrogens is 3. The van der Waals surface area contributed by atoms with Crippen molar-refractivity contribution >= 4 is 22.7 Å². The first-order chi connectivity index (χ1) is 19.5. The number of carbonyl (C=O) groups is 1. The number of nitrogens with zero attached hydrogens (tertiary/aromatic N) is 4. The number of benzene rings is 2. The molecule has 1 saturated carbocycles. The van der Waals surface area contributed by atoms with Gasteiger partial charge in [-0.05, 0) is 80.5 Å². The second-order valence-corrected chi connectivity index (χ2v) is 11.4. The summed E-state index contributed by atoms with van der Waals surface area (Å²) in [5, 5.41) is 10.1. The molecule has 2 aromatic carbocycles. The fourth-order valence-corrected chi connectivity index (χ4v) is 6.32. The highest BCUT2D eigenvalue weighted by Gasteiger charge is 2.35. The second-order valence-electron chi connectivity index (χ2n) is 11.4. The molecule has 40 heavy (non-hydrogen) atoms. The highest BCUT2D eigenvalue weighted by atomic mass is 16.5. The lowest BCUT2D eigenvalue weighted by molar-refractivity contribution is -0.143. The maximum Gasteiger partial charge on any atom is 0.307 e. The van der Waals surface area contributed by atoms with Crippen molar-refractivity contribution in [3.05, 3.63) is 83.4 Å². The Kier molecular flexibility index (Phi) is 7.71. The van der Waals surface area contributed by atoms with Crippen LogP contribution >= 0.6 is 0 Å². The summed E-state index contributed by atoms with van der Waals surface area (Å²) in [6.45, 7) is 5.24. The van der Waals surface area contributed by atoms with E-state index in [1.807, 2.05) is 43.5 Å². The molecule has 208 valence electrons. The average molecular weight is 539 g/mol. The van der Waals surface area contributed by atoms with Crippen LogP contribution in [0.1, 0.15) is 73.5 Å². The van der Waals surface area contributed by atoms with Crippen LogP contribution in [0.2, 0.25) is 0 Å². The van der Waals surface area contributed by atoms with Gasteiger partial charge in [-0.3, -0.25) is 9.78 Å². The van der Waals surface area contributed by atoms with E-state index >= 15 is 0 Å². The van der Waals surface area contributed by atoms with Gasteiger partial charge in [-0.15, -0.1) is 0 Å². The number of anilines is 1. The Morgan fingerprint density at radius 2 is 1.85 bits per heavy atom. The topological polar surface area (TPSA) is 80.5 Å². The number of hydrogen-bond acceptors (Lipinski definition) is 5. The van der Waals surface area contributed by atoms with Gasteiger partial charge < -0.3 is 19.3 Å². The molecular formula is C33H38N4O3. The van der Waals surface area contributed by atoms with E-state index in [1.54, 1.807) is 0 Å². The van der Waals surface area contributed by atoms with E-state index < -0.39 is 11.9 Å². The Labute approximate surface area is 235 Å². The molecule has 0 amide bonds. The van der Waals surface area contributed by atoms with E-state index in [4.69, 9.17) is 9.72 Å². The van der Waals surface area contributed by atoms with Crippen molar-refractivity contribution in [2.24, 2.45) is 5.92 Å². The Bertz CT molecular complexity index is 1470. The highest BCUT2D eigenvalue weighted by Crippen LogP contribution is 2.39. The number of imidazole rings is 1. The van der Waals surface area contributed by atoms with Crippen molar-refractivity contribution in [2.45, 2.75) is 70.9 Å². The molecule has 1 aliphatic carbocycles. The minimum absolute atomic E-state index is 0.106. The lowest BCUT2D eigenvalue weighted by Crippen LogP contribution is -2.29. The number of pyridine rings is 1. The molecule has 0 bridgehead atoms. The van der Waals surface area contributed by atoms with E-state index in [0.29, 0.717) is 19.6 Å². The Hall–Kier alpha value is -3.87. The number of aliphatic carboxylic acids is 1. The van der Waals surface area contributed by atoms with Crippen molar-refractivity contribution in [3.63, 3.8) is 0 Å². The predicted octanol–water partition coefficient (Wildman–Crippen LogP) is 6.72. The van der Waals surface area contributed by atoms with Gasteiger partial charge in [-0.1, -0.05) is 31.0 Å². The van der Waals surface area contributed by atoms with Gasteiger partial charge in [0.15, 0.2) is 0 Å². The van der Waals surface area contributed by atoms with Gasteiger partial charge in [0.25, 0.3) is 0 Å². The number of ether oxygens (including phenoxy) is 1. The van der Waals surface area contributed by atoms with Gasteiger partial charge in [0.05, 0.1) is 22.6 Å². The molecular weight excluding hydrogens is 500 g/mol. The van der Waals surface area contributed by atoms with Gasteiger partial charge in [-0.2, -0.15) is 0 Å². The van der Waals surface area contributed by atoms with Crippen LogP contribution < -0.4 is 9.64 Å². The van der Waals surface area contributed by atoms with Gasteiger partial charge in [0.2, 0.25) is 0 Å². The Morgan fingerprint density at radius 3 is 2.65 bits per heavy atom. The van der Waals surface area contributed by atoms with Crippen LogP contribution in [0.5, 0.6) is 5.75 Å². The summed E-state index contributed by atoms with van der Waals surface area (Å²) in [4.78, 5) is 24.3. The third-order valence-corrected chi connectivity index (χ3v) is 8.50. The van der Waals surface area contributed by atoms with Gasteiger partial charge in [-0.25, -0.2) is 4.98 Å². The summed E-state index contributed by atoms with van der Waals surface area (Å²) >= 11 is 0. The number of piperidine rings is 1. The van der Waals surface area contributed by atoms with Crippen LogP contribution in [0, 0.1) is 12.8 Å². The molecule has 0 spiro atoms. The van der Waals surface area contributed by atoms with Crippen LogP contribution in [-0.4, -0.2) is 38.7 Å². The zero-order chi connectivity index (χ0) is 27.5. The predicted molar refractivity (Wildman–Crippen MR) is 157 cm³/mol. The monoisotopic (exact) mass is 538 g/mol. The number of carboxylic acid groups (broad SMARTS) is 1. The summed E-state index contributed by atoms with van der Waals surface area (Å²) in [6.07, 6.45) is 9.15. The van der Waals surface area contributed by atoms with Crippen LogP contribution in [0.4, 0.5) is 5.69 Å². The minimum Gasteiger partial charge on any atom is -0.487 e. The largest absolute Gasteiger partial charge is 0.487 e. The maximum absolute atomic E-state index is 12.3. The smallest absolute Gasteiger partial charge is 0.307 e. The van der Waals surface area contributed by atoms with Crippen molar-refractivity contribution in [1.29, 1.82) is 0 Å². The fraction of sp³-hybridized carbons (Fsp3) is 0.424. The molecule has 2 atom stereocenters. The Balaban J connectivity index is 1.36. The van der Waals surface area contributed by atoms with Gasteiger partial charge in [0, 0.05) is 43.5 Å². The zero-order valence-corrected chi connectivity index (χ0v) is 23.3. The first kappa shape index (κ1) is 26.4. The van der Waals surface area contributed by atoms with Crippen molar-refractivity contribution in [3.8, 4) is 5.75 Å². The van der Waals surface area contributed by atoms with Crippen molar-refractivity contribution in [2.75, 3.05) is 18.0 Å². The lowest BCUT2D eigenvalue weighted by Gasteiger charge is -2.30. The summed E-state index contributed by atoms with van der Waals surface area (Å²) in [5.41, 5.74) is 6.30. The third kappa shape index (κ3) is 5.69. The molecule has 2 aromatic heterocycles. The minimum atomic E-state index is -0.718. The van der Waals surface area contributed by atoms with Crippen LogP contribution in [0.25, 0.3) is 11.0 Å². The van der Waals surface area contributed by atoms with E-state index in [-0.39, 0.29) is 5.92 Å². The second kappa shape index (κ2) is 11.7. The number of aryl methyl sites for hydroxylation is 1. The number of fused-ring (bicyclic) bond motifs is 1. The lowest BCUT2D eigenvalue weighted by atomic mass is 9.78. The molecule has 1 saturated heterocycles. The quantitative estimate of drug-likeness (QED) is 0.268. The summed E-state index contributed by atoms with van der Waals surface area (Å²) in [5.74, 6) is 0.397. The molecule has 6 rings (SSSR count). The van der Waals surface area contributed by atoms with E-state index in [0.717, 1.165) is 66.2 Å². The first-order valence-electron chi connectivity index (χ1n) is 14.7. The van der Waals surface area contributed by atoms with E-state index in [2.05, 4.69) is 38.7 Å². The molecule has 2 fully saturated rings. The Morgan fingerprint density at radius 1 is 1.00 bits per heavy atom. The van der Waals surface area contributed by atoms with Crippen molar-refractivity contribution < 1.29 is 14.6 Å². The van der Waals surface area contributed by atoms with Gasteiger partial charge in [0.1, 0.15) is 18.2 Å². The third-order valence-electron chi connectivity index (χ3n) is 8.50. The maximum atomic E-state index is 12.3. The van der Waals surface area contributed by atoms with Crippen LogP contribution in [-0.2, 0) is 17.9 Å². The molecule has 1 aliphatic heterocycles. The molecule has 7 heteroatoms. The molecule has 0 radical (unpaired) electrons. The van der Waals surface area contributed by atoms with Crippen molar-refractivity contribution in [1.82, 2.24) is 14.5 Å². The normalized spacial score (nSPS) is 19.6. The SMILES string of the molecule is Cc1ccc(COc2ccc3nc(C4CCCCC4C(=O)O)n(Cc4cccc(N5CCCCC5)c4)c3c2)nc1. The summed E-state index contributed by atoms with van der Waals surface area (Å²) in [6, 6.07) is 18.8. The van der Waals surface area contributed by atoms with Crippen LogP contribution in [0.3, 0.4) is 0 Å².